The van der Waals surface area contributed by atoms with Crippen LogP contribution >= 0.6 is 0 Å². The van der Waals surface area contributed by atoms with Crippen molar-refractivity contribution >= 4 is 23.5 Å². The van der Waals surface area contributed by atoms with E-state index in [9.17, 15) is 14.7 Å². The summed E-state index contributed by atoms with van der Waals surface area (Å²) < 4.78 is 11.2. The van der Waals surface area contributed by atoms with Crippen molar-refractivity contribution in [2.75, 3.05) is 44.8 Å². The lowest BCUT2D eigenvalue weighted by Crippen LogP contribution is -2.62. The second kappa shape index (κ2) is 10.4. The first-order valence-corrected chi connectivity index (χ1v) is 11.8. The van der Waals surface area contributed by atoms with Gasteiger partial charge in [-0.25, -0.2) is 19.5 Å². The van der Waals surface area contributed by atoms with Crippen LogP contribution in [0.15, 0.2) is 36.5 Å². The van der Waals surface area contributed by atoms with Crippen molar-refractivity contribution in [3.63, 3.8) is 0 Å². The van der Waals surface area contributed by atoms with E-state index in [-0.39, 0.29) is 17.7 Å². The Morgan fingerprint density at radius 3 is 2.47 bits per heavy atom. The van der Waals surface area contributed by atoms with Crippen LogP contribution in [-0.2, 0) is 11.2 Å². The third-order valence-corrected chi connectivity index (χ3v) is 6.69. The molecule has 2 aliphatic heterocycles. The van der Waals surface area contributed by atoms with Gasteiger partial charge in [0.25, 0.3) is 0 Å². The monoisotopic (exact) mass is 468 g/mol. The quantitative estimate of drug-likeness (QED) is 0.665. The largest absolute Gasteiger partial charge is 0.496 e. The van der Waals surface area contributed by atoms with Crippen LogP contribution in [0.3, 0.4) is 0 Å². The zero-order chi connectivity index (χ0) is 24.2. The van der Waals surface area contributed by atoms with E-state index >= 15 is 0 Å². The van der Waals surface area contributed by atoms with Gasteiger partial charge in [-0.15, -0.1) is 0 Å². The van der Waals surface area contributed by atoms with Crippen molar-refractivity contribution in [1.82, 2.24) is 14.8 Å². The summed E-state index contributed by atoms with van der Waals surface area (Å²) in [5, 5.41) is 9.24. The maximum absolute atomic E-state index is 13.8. The number of carbonyl (C=O) groups excluding carboxylic acids is 1. The Kier molecular flexibility index (Phi) is 7.33. The van der Waals surface area contributed by atoms with E-state index in [1.807, 2.05) is 30.0 Å². The molecular formula is C25H32N4O5. The molecule has 0 saturated carbocycles. The summed E-state index contributed by atoms with van der Waals surface area (Å²) in [6.45, 7) is 7.69. The first-order chi connectivity index (χ1) is 16.5. The number of hydrogen-bond acceptors (Lipinski definition) is 6. The van der Waals surface area contributed by atoms with Crippen LogP contribution in [0.1, 0.15) is 36.2 Å². The van der Waals surface area contributed by atoms with E-state index in [0.717, 1.165) is 38.1 Å². The maximum atomic E-state index is 13.8. The summed E-state index contributed by atoms with van der Waals surface area (Å²) >= 11 is 0. The van der Waals surface area contributed by atoms with E-state index < -0.39 is 5.97 Å². The molecule has 1 aromatic heterocycles. The van der Waals surface area contributed by atoms with Gasteiger partial charge >= 0.3 is 12.0 Å². The third-order valence-electron chi connectivity index (χ3n) is 6.69. The van der Waals surface area contributed by atoms with E-state index in [0.29, 0.717) is 36.4 Å². The number of amides is 2. The fraction of sp³-hybridized carbons (Fsp3) is 0.480. The van der Waals surface area contributed by atoms with E-state index in [1.165, 1.54) is 17.2 Å². The minimum atomic E-state index is -1.06. The van der Waals surface area contributed by atoms with Crippen molar-refractivity contribution in [2.24, 2.45) is 0 Å². The summed E-state index contributed by atoms with van der Waals surface area (Å²) in [7, 11) is 1.61. The highest BCUT2D eigenvalue weighted by molar-refractivity contribution is 5.99. The predicted molar refractivity (Wildman–Crippen MR) is 128 cm³/mol. The number of piperazine rings is 1. The van der Waals surface area contributed by atoms with E-state index in [2.05, 4.69) is 16.8 Å². The van der Waals surface area contributed by atoms with Gasteiger partial charge in [0, 0.05) is 38.4 Å². The molecule has 1 aromatic carbocycles. The minimum absolute atomic E-state index is 0.0665. The maximum Gasteiger partial charge on any atom is 0.337 e. The lowest BCUT2D eigenvalue weighted by atomic mass is 10.0. The Hall–Kier alpha value is -3.17. The van der Waals surface area contributed by atoms with Gasteiger partial charge in [0.1, 0.15) is 11.6 Å². The molecule has 2 saturated heterocycles. The van der Waals surface area contributed by atoms with Gasteiger partial charge in [0.15, 0.2) is 0 Å². The first-order valence-electron chi connectivity index (χ1n) is 11.8. The molecular weight excluding hydrogens is 436 g/mol. The van der Waals surface area contributed by atoms with Crippen LogP contribution in [0.25, 0.3) is 0 Å². The second-order valence-electron chi connectivity index (χ2n) is 8.55. The number of methoxy groups -OCH3 is 1. The number of carbonyl (C=O) groups is 2. The number of urea groups is 1. The second-order valence-corrected chi connectivity index (χ2v) is 8.55. The third kappa shape index (κ3) is 4.71. The number of anilines is 2. The SMILES string of the molecule is CCc1ccc(N(C(=O)N2CCN(C3COC3CC)CC2)c2ccc(C(=O)O)cn2)cc1OC. The Bertz CT molecular complexity index is 1020. The zero-order valence-corrected chi connectivity index (χ0v) is 19.9. The number of aromatic carboxylic acids is 1. The number of ether oxygens (including phenoxy) is 2. The van der Waals surface area contributed by atoms with Crippen LogP contribution in [0, 0.1) is 0 Å². The van der Waals surface area contributed by atoms with Gasteiger partial charge in [0.2, 0.25) is 0 Å². The molecule has 0 spiro atoms. The molecule has 0 radical (unpaired) electrons. The van der Waals surface area contributed by atoms with E-state index in [4.69, 9.17) is 9.47 Å². The van der Waals surface area contributed by atoms with Gasteiger partial charge in [-0.3, -0.25) is 4.90 Å². The van der Waals surface area contributed by atoms with Crippen molar-refractivity contribution in [1.29, 1.82) is 0 Å². The number of benzene rings is 1. The smallest absolute Gasteiger partial charge is 0.337 e. The number of pyridine rings is 1. The molecule has 2 fully saturated rings. The van der Waals surface area contributed by atoms with Crippen LogP contribution in [0.5, 0.6) is 5.75 Å². The molecule has 1 N–H and O–H groups in total. The lowest BCUT2D eigenvalue weighted by molar-refractivity contribution is -0.140. The summed E-state index contributed by atoms with van der Waals surface area (Å²) in [5.41, 5.74) is 1.72. The lowest BCUT2D eigenvalue weighted by Gasteiger charge is -2.47. The molecule has 2 aliphatic rings. The van der Waals surface area contributed by atoms with Gasteiger partial charge in [-0.05, 0) is 36.6 Å². The fourth-order valence-electron chi connectivity index (χ4n) is 4.59. The van der Waals surface area contributed by atoms with Crippen LogP contribution in [0.2, 0.25) is 0 Å². The highest BCUT2D eigenvalue weighted by atomic mass is 16.5. The first kappa shape index (κ1) is 24.0. The van der Waals surface area contributed by atoms with Gasteiger partial charge in [-0.2, -0.15) is 0 Å². The molecule has 9 heteroatoms. The van der Waals surface area contributed by atoms with Crippen molar-refractivity contribution in [3.05, 3.63) is 47.7 Å². The molecule has 0 bridgehead atoms. The number of carboxylic acids is 1. The van der Waals surface area contributed by atoms with Gasteiger partial charge in [-0.1, -0.05) is 19.9 Å². The molecule has 4 rings (SSSR count). The number of rotatable bonds is 7. The molecule has 0 aliphatic carbocycles. The topological polar surface area (TPSA) is 95.4 Å². The molecule has 2 atom stereocenters. The molecule has 34 heavy (non-hydrogen) atoms. The van der Waals surface area contributed by atoms with E-state index in [1.54, 1.807) is 13.2 Å². The van der Waals surface area contributed by atoms with Crippen molar-refractivity contribution in [2.45, 2.75) is 38.8 Å². The molecule has 2 unspecified atom stereocenters. The molecule has 2 amide bonds. The highest BCUT2D eigenvalue weighted by Gasteiger charge is 2.38. The Labute approximate surface area is 199 Å². The number of hydrogen-bond donors (Lipinski definition) is 1. The molecule has 3 heterocycles. The summed E-state index contributed by atoms with van der Waals surface area (Å²) in [6.07, 6.45) is 3.34. The molecule has 2 aromatic rings. The fourth-order valence-corrected chi connectivity index (χ4v) is 4.59. The van der Waals surface area contributed by atoms with Gasteiger partial charge in [0.05, 0.1) is 37.1 Å². The molecule has 182 valence electrons. The number of carboxylic acid groups (broad SMARTS) is 1. The molecule has 9 nitrogen and oxygen atoms in total. The average Bonchev–Trinajstić information content (AvgIpc) is 2.84. The Morgan fingerprint density at radius 1 is 1.18 bits per heavy atom. The van der Waals surface area contributed by atoms with Crippen LogP contribution in [-0.4, -0.2) is 83.9 Å². The Morgan fingerprint density at radius 2 is 1.94 bits per heavy atom. The van der Waals surface area contributed by atoms with Gasteiger partial charge < -0.3 is 19.5 Å². The number of nitrogens with zero attached hydrogens (tertiary/aromatic N) is 4. The van der Waals surface area contributed by atoms with Crippen molar-refractivity contribution in [3.8, 4) is 5.75 Å². The summed E-state index contributed by atoms with van der Waals surface area (Å²) in [6, 6.07) is 8.90. The summed E-state index contributed by atoms with van der Waals surface area (Å²) in [5.74, 6) is -0.00471. The number of aromatic nitrogens is 1. The Balaban J connectivity index is 1.59. The van der Waals surface area contributed by atoms with Crippen LogP contribution in [0.4, 0.5) is 16.3 Å². The number of aryl methyl sites for hydroxylation is 1. The average molecular weight is 469 g/mol. The highest BCUT2D eigenvalue weighted by Crippen LogP contribution is 2.32. The van der Waals surface area contributed by atoms with Crippen molar-refractivity contribution < 1.29 is 24.2 Å². The van der Waals surface area contributed by atoms with Crippen LogP contribution < -0.4 is 9.64 Å². The predicted octanol–water partition coefficient (Wildman–Crippen LogP) is 3.40. The zero-order valence-electron chi connectivity index (χ0n) is 19.9. The minimum Gasteiger partial charge on any atom is -0.496 e. The summed E-state index contributed by atoms with van der Waals surface area (Å²) in [4.78, 5) is 35.1. The normalized spacial score (nSPS) is 20.5. The standard InChI is InChI=1S/C25H32N4O5/c1-4-17-6-8-19(14-22(17)33-3)29(23-9-7-18(15-26-23)24(30)31)25(32)28-12-10-27(11-13-28)20-16-34-21(20)5-2/h6-9,14-15,20-21H,4-5,10-13,16H2,1-3H3,(H,30,31).